The summed E-state index contributed by atoms with van der Waals surface area (Å²) in [6, 6.07) is 9.82. The van der Waals surface area contributed by atoms with Crippen LogP contribution in [-0.4, -0.2) is 26.8 Å². The Kier molecular flexibility index (Phi) is 4.18. The minimum Gasteiger partial charge on any atom is -0.478 e. The first kappa shape index (κ1) is 17.8. The van der Waals surface area contributed by atoms with Crippen molar-refractivity contribution < 1.29 is 19.1 Å². The first-order valence-electron chi connectivity index (χ1n) is 8.93. The number of carbonyl (C=O) groups is 2. The Balaban J connectivity index is 1.76. The highest BCUT2D eigenvalue weighted by Gasteiger charge is 2.34. The van der Waals surface area contributed by atoms with E-state index in [-0.39, 0.29) is 29.5 Å². The number of nitrogens with one attached hydrogen (secondary N) is 2. The van der Waals surface area contributed by atoms with Crippen molar-refractivity contribution in [2.24, 2.45) is 0 Å². The van der Waals surface area contributed by atoms with E-state index in [1.807, 2.05) is 13.8 Å². The highest BCUT2D eigenvalue weighted by molar-refractivity contribution is 5.94. The summed E-state index contributed by atoms with van der Waals surface area (Å²) in [4.78, 5) is 36.0. The Labute approximate surface area is 159 Å². The van der Waals surface area contributed by atoms with E-state index in [4.69, 9.17) is 9.52 Å². The fraction of sp³-hybridized carbons (Fsp3) is 0.250. The number of aromatic nitrogens is 2. The van der Waals surface area contributed by atoms with Crippen molar-refractivity contribution in [2.75, 3.05) is 5.32 Å². The standard InChI is InChI=1S/C20H19N3O5/c1-10(2)23-18-17(19(25)22-23)13(9-16(24)21-18)15-7-6-14(28-15)11-4-3-5-12(8-11)20(26)27/h3-8,10,13H,9H2,1-2H3,(H,21,24)(H,22,25)(H,26,27). The van der Waals surface area contributed by atoms with E-state index in [9.17, 15) is 14.4 Å². The predicted octanol–water partition coefficient (Wildman–Crippen LogP) is 3.19. The normalized spacial score (nSPS) is 16.1. The van der Waals surface area contributed by atoms with E-state index in [1.165, 1.54) is 12.1 Å². The van der Waals surface area contributed by atoms with E-state index in [0.717, 1.165) is 0 Å². The van der Waals surface area contributed by atoms with Gasteiger partial charge in [0.25, 0.3) is 5.56 Å². The minimum atomic E-state index is -1.02. The Morgan fingerprint density at radius 2 is 2.04 bits per heavy atom. The van der Waals surface area contributed by atoms with Crippen molar-refractivity contribution >= 4 is 17.7 Å². The van der Waals surface area contributed by atoms with Gasteiger partial charge in [-0.15, -0.1) is 0 Å². The molecule has 144 valence electrons. The maximum absolute atomic E-state index is 12.5. The SMILES string of the molecule is CC(C)n1[nH]c(=O)c2c1NC(=O)CC2c1ccc(-c2cccc(C(=O)O)c2)o1. The molecule has 0 saturated heterocycles. The smallest absolute Gasteiger partial charge is 0.335 e. The molecule has 3 N–H and O–H groups in total. The van der Waals surface area contributed by atoms with E-state index < -0.39 is 11.9 Å². The molecule has 8 nitrogen and oxygen atoms in total. The van der Waals surface area contributed by atoms with Crippen LogP contribution in [0.25, 0.3) is 11.3 Å². The average molecular weight is 381 g/mol. The maximum atomic E-state index is 12.5. The van der Waals surface area contributed by atoms with Gasteiger partial charge in [0.1, 0.15) is 17.3 Å². The quantitative estimate of drug-likeness (QED) is 0.641. The van der Waals surface area contributed by atoms with Gasteiger partial charge in [0.05, 0.1) is 17.0 Å². The van der Waals surface area contributed by atoms with Crippen LogP contribution >= 0.6 is 0 Å². The number of furan rings is 1. The molecule has 4 rings (SSSR count). The lowest BCUT2D eigenvalue weighted by molar-refractivity contribution is -0.116. The number of benzene rings is 1. The Morgan fingerprint density at radius 3 is 2.75 bits per heavy atom. The van der Waals surface area contributed by atoms with Gasteiger partial charge in [-0.2, -0.15) is 0 Å². The molecule has 3 heterocycles. The maximum Gasteiger partial charge on any atom is 0.335 e. The number of hydrogen-bond donors (Lipinski definition) is 3. The van der Waals surface area contributed by atoms with Gasteiger partial charge >= 0.3 is 5.97 Å². The van der Waals surface area contributed by atoms with Gasteiger partial charge in [-0.1, -0.05) is 12.1 Å². The summed E-state index contributed by atoms with van der Waals surface area (Å²) in [7, 11) is 0. The summed E-state index contributed by atoms with van der Waals surface area (Å²) in [5.41, 5.74) is 0.966. The Bertz CT molecular complexity index is 1130. The van der Waals surface area contributed by atoms with E-state index in [0.29, 0.717) is 28.5 Å². The molecular formula is C20H19N3O5. The molecule has 1 aliphatic rings. The van der Waals surface area contributed by atoms with Gasteiger partial charge in [0.2, 0.25) is 5.91 Å². The lowest BCUT2D eigenvalue weighted by Crippen LogP contribution is -2.27. The van der Waals surface area contributed by atoms with Crippen LogP contribution in [0.5, 0.6) is 0 Å². The molecule has 0 saturated carbocycles. The summed E-state index contributed by atoms with van der Waals surface area (Å²) in [5.74, 6) is -0.305. The number of aromatic carboxylic acids is 1. The Hall–Kier alpha value is -3.55. The second kappa shape index (κ2) is 6.56. The number of H-pyrrole nitrogens is 1. The van der Waals surface area contributed by atoms with Gasteiger partial charge in [-0.3, -0.25) is 19.4 Å². The largest absolute Gasteiger partial charge is 0.478 e. The van der Waals surface area contributed by atoms with Crippen molar-refractivity contribution in [1.82, 2.24) is 9.78 Å². The third-order valence-corrected chi connectivity index (χ3v) is 4.84. The molecule has 0 radical (unpaired) electrons. The summed E-state index contributed by atoms with van der Waals surface area (Å²) >= 11 is 0. The van der Waals surface area contributed by atoms with Crippen LogP contribution in [0.4, 0.5) is 5.82 Å². The number of anilines is 1. The number of aromatic amines is 1. The third-order valence-electron chi connectivity index (χ3n) is 4.84. The van der Waals surface area contributed by atoms with Gasteiger partial charge in [-0.05, 0) is 38.1 Å². The number of hydrogen-bond acceptors (Lipinski definition) is 4. The molecule has 1 aliphatic heterocycles. The van der Waals surface area contributed by atoms with Gasteiger partial charge in [0.15, 0.2) is 0 Å². The number of carbonyl (C=O) groups excluding carboxylic acids is 1. The number of rotatable bonds is 4. The fourth-order valence-electron chi connectivity index (χ4n) is 3.52. The number of nitrogens with zero attached hydrogens (tertiary/aromatic N) is 1. The number of carboxylic acid groups (broad SMARTS) is 1. The molecule has 1 unspecified atom stereocenters. The van der Waals surface area contributed by atoms with Crippen molar-refractivity contribution in [1.29, 1.82) is 0 Å². The second-order valence-electron chi connectivity index (χ2n) is 7.06. The molecular weight excluding hydrogens is 362 g/mol. The van der Waals surface area contributed by atoms with Crippen LogP contribution in [0, 0.1) is 0 Å². The van der Waals surface area contributed by atoms with Gasteiger partial charge in [-0.25, -0.2) is 4.79 Å². The lowest BCUT2D eigenvalue weighted by Gasteiger charge is -2.22. The van der Waals surface area contributed by atoms with Gasteiger partial charge < -0.3 is 14.8 Å². The van der Waals surface area contributed by atoms with Crippen LogP contribution in [0.15, 0.2) is 45.6 Å². The summed E-state index contributed by atoms with van der Waals surface area (Å²) in [5, 5.41) is 14.7. The van der Waals surface area contributed by atoms with Crippen LogP contribution in [0.1, 0.15) is 53.9 Å². The highest BCUT2D eigenvalue weighted by Crippen LogP contribution is 2.38. The average Bonchev–Trinajstić information content (AvgIpc) is 3.26. The first-order chi connectivity index (χ1) is 13.3. The predicted molar refractivity (Wildman–Crippen MR) is 102 cm³/mol. The summed E-state index contributed by atoms with van der Waals surface area (Å²) in [6.45, 7) is 3.82. The van der Waals surface area contributed by atoms with E-state index in [2.05, 4.69) is 10.4 Å². The molecule has 0 spiro atoms. The molecule has 3 aromatic rings. The molecule has 8 heteroatoms. The first-order valence-corrected chi connectivity index (χ1v) is 8.93. The summed E-state index contributed by atoms with van der Waals surface area (Å²) < 4.78 is 7.58. The fourth-order valence-corrected chi connectivity index (χ4v) is 3.52. The minimum absolute atomic E-state index is 0.0265. The molecule has 0 fully saturated rings. The molecule has 1 aromatic carbocycles. The topological polar surface area (TPSA) is 117 Å². The zero-order chi connectivity index (χ0) is 20.0. The molecule has 0 aliphatic carbocycles. The van der Waals surface area contributed by atoms with E-state index in [1.54, 1.807) is 28.9 Å². The van der Waals surface area contributed by atoms with Crippen LogP contribution in [-0.2, 0) is 4.79 Å². The summed E-state index contributed by atoms with van der Waals surface area (Å²) in [6.07, 6.45) is 0.0975. The zero-order valence-electron chi connectivity index (χ0n) is 15.4. The zero-order valence-corrected chi connectivity index (χ0v) is 15.4. The molecule has 1 amide bonds. The monoisotopic (exact) mass is 381 g/mol. The van der Waals surface area contributed by atoms with Crippen molar-refractivity contribution in [2.45, 2.75) is 32.2 Å². The third kappa shape index (κ3) is 2.92. The molecule has 0 bridgehead atoms. The molecule has 1 atom stereocenters. The van der Waals surface area contributed by atoms with Gasteiger partial charge in [0, 0.05) is 18.0 Å². The second-order valence-corrected chi connectivity index (χ2v) is 7.06. The van der Waals surface area contributed by atoms with Crippen molar-refractivity contribution in [3.05, 3.63) is 63.6 Å². The number of carboxylic acids is 1. The van der Waals surface area contributed by atoms with Crippen LogP contribution in [0.2, 0.25) is 0 Å². The van der Waals surface area contributed by atoms with Crippen molar-refractivity contribution in [3.63, 3.8) is 0 Å². The molecule has 28 heavy (non-hydrogen) atoms. The highest BCUT2D eigenvalue weighted by atomic mass is 16.4. The lowest BCUT2D eigenvalue weighted by atomic mass is 9.92. The van der Waals surface area contributed by atoms with Crippen LogP contribution < -0.4 is 10.9 Å². The van der Waals surface area contributed by atoms with E-state index >= 15 is 0 Å². The molecule has 2 aromatic heterocycles. The Morgan fingerprint density at radius 1 is 1.25 bits per heavy atom. The van der Waals surface area contributed by atoms with Crippen molar-refractivity contribution in [3.8, 4) is 11.3 Å². The number of amides is 1. The number of fused-ring (bicyclic) bond motifs is 1. The van der Waals surface area contributed by atoms with Crippen LogP contribution in [0.3, 0.4) is 0 Å².